The number of hydrogen-bond donors (Lipinski definition) is 1. The summed E-state index contributed by atoms with van der Waals surface area (Å²) < 4.78 is 5.50. The van der Waals surface area contributed by atoms with Crippen LogP contribution in [0.3, 0.4) is 0 Å². The van der Waals surface area contributed by atoms with Crippen molar-refractivity contribution in [3.63, 3.8) is 0 Å². The summed E-state index contributed by atoms with van der Waals surface area (Å²) in [5.74, 6) is -0.0393. The molecule has 0 spiro atoms. The monoisotopic (exact) mass is 351 g/mol. The van der Waals surface area contributed by atoms with Crippen molar-refractivity contribution in [3.8, 4) is 0 Å². The second kappa shape index (κ2) is 8.63. The maximum absolute atomic E-state index is 11.9. The van der Waals surface area contributed by atoms with E-state index in [1.54, 1.807) is 0 Å². The topological polar surface area (TPSA) is 32.7 Å². The molecular formula is C23H29NO2. The fourth-order valence-electron chi connectivity index (χ4n) is 3.78. The predicted molar refractivity (Wildman–Crippen MR) is 106 cm³/mol. The van der Waals surface area contributed by atoms with E-state index in [1.807, 2.05) is 36.4 Å². The Kier molecular flexibility index (Phi) is 6.25. The summed E-state index contributed by atoms with van der Waals surface area (Å²) in [6.45, 7) is 10.1. The van der Waals surface area contributed by atoms with E-state index in [0.717, 1.165) is 44.0 Å². The van der Waals surface area contributed by atoms with Crippen molar-refractivity contribution in [2.45, 2.75) is 24.9 Å². The van der Waals surface area contributed by atoms with E-state index < -0.39 is 5.60 Å². The van der Waals surface area contributed by atoms with E-state index >= 15 is 0 Å². The molecular weight excluding hydrogens is 322 g/mol. The van der Waals surface area contributed by atoms with Gasteiger partial charge in [-0.2, -0.15) is 0 Å². The highest BCUT2D eigenvalue weighted by Crippen LogP contribution is 2.41. The fraction of sp³-hybridized carbons (Fsp3) is 0.391. The number of nitrogens with zero attached hydrogens (tertiary/aromatic N) is 1. The normalized spacial score (nSPS) is 18.8. The molecule has 2 atom stereocenters. The quantitative estimate of drug-likeness (QED) is 0.769. The zero-order valence-electron chi connectivity index (χ0n) is 15.6. The van der Waals surface area contributed by atoms with E-state index in [2.05, 4.69) is 42.7 Å². The molecule has 1 aliphatic heterocycles. The van der Waals surface area contributed by atoms with Crippen LogP contribution in [0.2, 0.25) is 0 Å². The van der Waals surface area contributed by atoms with Crippen LogP contribution in [0.5, 0.6) is 0 Å². The Morgan fingerprint density at radius 1 is 1.12 bits per heavy atom. The maximum Gasteiger partial charge on any atom is 0.101 e. The average molecular weight is 351 g/mol. The first-order chi connectivity index (χ1) is 12.6. The third-order valence-electron chi connectivity index (χ3n) is 5.33. The summed E-state index contributed by atoms with van der Waals surface area (Å²) in [6.07, 6.45) is 2.34. The van der Waals surface area contributed by atoms with Gasteiger partial charge in [-0.3, -0.25) is 4.90 Å². The molecule has 0 saturated carbocycles. The number of morpholine rings is 1. The van der Waals surface area contributed by atoms with E-state index in [-0.39, 0.29) is 5.92 Å². The molecule has 0 bridgehead atoms. The van der Waals surface area contributed by atoms with Gasteiger partial charge in [0.1, 0.15) is 5.60 Å². The molecule has 1 saturated heterocycles. The Balaban J connectivity index is 2.00. The van der Waals surface area contributed by atoms with Crippen LogP contribution in [0.1, 0.15) is 29.0 Å². The second-order valence-corrected chi connectivity index (χ2v) is 7.16. The lowest BCUT2D eigenvalue weighted by Gasteiger charge is -2.40. The molecule has 0 radical (unpaired) electrons. The van der Waals surface area contributed by atoms with Crippen molar-refractivity contribution >= 4 is 0 Å². The first kappa shape index (κ1) is 18.8. The molecule has 0 aliphatic carbocycles. The Morgan fingerprint density at radius 3 is 2.38 bits per heavy atom. The molecule has 3 nitrogen and oxygen atoms in total. The molecule has 1 heterocycles. The van der Waals surface area contributed by atoms with Crippen LogP contribution in [0.4, 0.5) is 0 Å². The van der Waals surface area contributed by atoms with Gasteiger partial charge in [0, 0.05) is 25.6 Å². The molecule has 0 amide bonds. The minimum absolute atomic E-state index is 0.0393. The summed E-state index contributed by atoms with van der Waals surface area (Å²) in [5, 5.41) is 11.9. The Bertz CT molecular complexity index is 692. The van der Waals surface area contributed by atoms with Crippen LogP contribution in [0.25, 0.3) is 0 Å². The van der Waals surface area contributed by atoms with Crippen molar-refractivity contribution in [2.75, 3.05) is 32.8 Å². The number of aliphatic hydroxyl groups is 1. The fourth-order valence-corrected chi connectivity index (χ4v) is 3.78. The molecule has 2 aromatic carbocycles. The zero-order valence-corrected chi connectivity index (χ0v) is 15.6. The van der Waals surface area contributed by atoms with Crippen LogP contribution in [0.15, 0.2) is 67.3 Å². The Morgan fingerprint density at radius 2 is 1.77 bits per heavy atom. The van der Waals surface area contributed by atoms with Crippen molar-refractivity contribution in [3.05, 3.63) is 83.9 Å². The van der Waals surface area contributed by atoms with Crippen LogP contribution in [-0.2, 0) is 10.3 Å². The summed E-state index contributed by atoms with van der Waals surface area (Å²) in [4.78, 5) is 2.39. The summed E-state index contributed by atoms with van der Waals surface area (Å²) >= 11 is 0. The summed E-state index contributed by atoms with van der Waals surface area (Å²) in [7, 11) is 0. The maximum atomic E-state index is 11.9. The van der Waals surface area contributed by atoms with Crippen molar-refractivity contribution in [1.29, 1.82) is 0 Å². The third kappa shape index (κ3) is 4.24. The van der Waals surface area contributed by atoms with Crippen LogP contribution in [-0.4, -0.2) is 42.9 Å². The minimum atomic E-state index is -0.991. The number of benzene rings is 2. The highest BCUT2D eigenvalue weighted by atomic mass is 16.5. The van der Waals surface area contributed by atoms with Gasteiger partial charge in [-0.05, 0) is 24.5 Å². The highest BCUT2D eigenvalue weighted by Gasteiger charge is 2.39. The predicted octanol–water partition coefficient (Wildman–Crippen LogP) is 3.87. The molecule has 2 unspecified atom stereocenters. The molecule has 1 fully saturated rings. The van der Waals surface area contributed by atoms with Crippen molar-refractivity contribution < 1.29 is 9.84 Å². The van der Waals surface area contributed by atoms with Gasteiger partial charge in [0.05, 0.1) is 13.2 Å². The van der Waals surface area contributed by atoms with Gasteiger partial charge in [-0.1, -0.05) is 66.2 Å². The highest BCUT2D eigenvalue weighted by molar-refractivity contribution is 5.34. The summed E-state index contributed by atoms with van der Waals surface area (Å²) in [5.41, 5.74) is 2.31. The van der Waals surface area contributed by atoms with E-state index in [0.29, 0.717) is 6.42 Å². The van der Waals surface area contributed by atoms with Crippen LogP contribution >= 0.6 is 0 Å². The number of hydrogen-bond acceptors (Lipinski definition) is 3. The third-order valence-corrected chi connectivity index (χ3v) is 5.33. The molecule has 26 heavy (non-hydrogen) atoms. The molecule has 138 valence electrons. The second-order valence-electron chi connectivity index (χ2n) is 7.16. The smallest absolute Gasteiger partial charge is 0.101 e. The van der Waals surface area contributed by atoms with Gasteiger partial charge < -0.3 is 9.84 Å². The van der Waals surface area contributed by atoms with Crippen molar-refractivity contribution in [1.82, 2.24) is 4.90 Å². The van der Waals surface area contributed by atoms with Gasteiger partial charge in [0.2, 0.25) is 0 Å². The van der Waals surface area contributed by atoms with Gasteiger partial charge >= 0.3 is 0 Å². The lowest BCUT2D eigenvalue weighted by Crippen LogP contribution is -2.44. The molecule has 3 heteroatoms. The minimum Gasteiger partial charge on any atom is -0.384 e. The number of ether oxygens (including phenoxy) is 1. The lowest BCUT2D eigenvalue weighted by atomic mass is 9.74. The van der Waals surface area contributed by atoms with Gasteiger partial charge in [-0.25, -0.2) is 0 Å². The van der Waals surface area contributed by atoms with E-state index in [4.69, 9.17) is 4.74 Å². The van der Waals surface area contributed by atoms with Crippen LogP contribution < -0.4 is 0 Å². The Labute approximate surface area is 156 Å². The number of aryl methyl sites for hydroxylation is 1. The van der Waals surface area contributed by atoms with E-state index in [1.165, 1.54) is 5.56 Å². The van der Waals surface area contributed by atoms with Crippen molar-refractivity contribution in [2.24, 2.45) is 0 Å². The zero-order chi connectivity index (χ0) is 18.4. The average Bonchev–Trinajstić information content (AvgIpc) is 2.68. The molecule has 0 aromatic heterocycles. The first-order valence-electron chi connectivity index (χ1n) is 9.39. The van der Waals surface area contributed by atoms with Gasteiger partial charge in [0.25, 0.3) is 0 Å². The molecule has 1 aliphatic rings. The number of rotatable bonds is 7. The Hall–Kier alpha value is -1.94. The summed E-state index contributed by atoms with van der Waals surface area (Å²) in [6, 6.07) is 18.6. The first-order valence-corrected chi connectivity index (χ1v) is 9.39. The molecule has 2 aromatic rings. The standard InChI is InChI=1S/C23H29NO2/c1-3-13-23(25,21-11-9-19(2)10-12-21)22(20-7-5-4-6-8-20)18-24-14-16-26-17-15-24/h3-12,22,25H,1,13-18H2,2H3. The lowest BCUT2D eigenvalue weighted by molar-refractivity contribution is -0.0206. The largest absolute Gasteiger partial charge is 0.384 e. The van der Waals surface area contributed by atoms with E-state index in [9.17, 15) is 5.11 Å². The molecule has 1 N–H and O–H groups in total. The SMILES string of the molecule is C=CCC(O)(c1ccc(C)cc1)C(CN1CCOCC1)c1ccccc1. The van der Waals surface area contributed by atoms with Gasteiger partial charge in [0.15, 0.2) is 0 Å². The van der Waals surface area contributed by atoms with Crippen LogP contribution in [0, 0.1) is 6.92 Å². The van der Waals surface area contributed by atoms with Gasteiger partial charge in [-0.15, -0.1) is 6.58 Å². The molecule has 3 rings (SSSR count).